The van der Waals surface area contributed by atoms with Crippen LogP contribution in [-0.2, 0) is 14.2 Å². The van der Waals surface area contributed by atoms with Crippen LogP contribution in [-0.4, -0.2) is 52.1 Å². The third-order valence-corrected chi connectivity index (χ3v) is 4.87. The topological polar surface area (TPSA) is 174 Å². The molecule has 0 aliphatic carbocycles. The number of esters is 2. The number of nitro groups is 1. The second-order valence-electron chi connectivity index (χ2n) is 6.54. The monoisotopic (exact) mass is 462 g/mol. The number of aliphatic hydroxyl groups excluding tert-OH is 1. The van der Waals surface area contributed by atoms with Crippen LogP contribution in [0.1, 0.15) is 20.7 Å². The van der Waals surface area contributed by atoms with Crippen LogP contribution < -0.4 is 0 Å². The molecule has 0 bridgehead atoms. The minimum Gasteiger partial charge on any atom is -0.459 e. The Bertz CT molecular complexity index is 1060. The normalized spacial score (nSPS) is 24.2. The molecule has 1 fully saturated rings. The Morgan fingerprint density at radius 1 is 1.19 bits per heavy atom. The van der Waals surface area contributed by atoms with Gasteiger partial charge in [-0.15, -0.1) is 0 Å². The molecule has 32 heavy (non-hydrogen) atoms. The Balaban J connectivity index is 1.76. The molecule has 12 nitrogen and oxygen atoms in total. The molecule has 1 heterocycles. The molecule has 1 aliphatic heterocycles. The highest BCUT2D eigenvalue weighted by atomic mass is 35.5. The fraction of sp³-hybridized carbons (Fsp3) is 0.263. The number of nitro benzene ring substituents is 1. The molecule has 4 atom stereocenters. The van der Waals surface area contributed by atoms with Crippen molar-refractivity contribution in [3.8, 4) is 0 Å². The highest BCUT2D eigenvalue weighted by Gasteiger charge is 2.56. The van der Waals surface area contributed by atoms with Crippen molar-refractivity contribution in [1.82, 2.24) is 0 Å². The maximum Gasteiger partial charge on any atom is 0.338 e. The number of nitrogens with zero attached hydrogens (tertiary/aromatic N) is 4. The smallest absolute Gasteiger partial charge is 0.338 e. The molecular weight excluding hydrogens is 448 g/mol. The van der Waals surface area contributed by atoms with Gasteiger partial charge in [0, 0.05) is 17.0 Å². The quantitative estimate of drug-likeness (QED) is 0.0954. The van der Waals surface area contributed by atoms with E-state index in [0.717, 1.165) is 24.3 Å². The van der Waals surface area contributed by atoms with E-state index in [2.05, 4.69) is 10.0 Å². The maximum absolute atomic E-state index is 12.5. The molecule has 0 saturated carbocycles. The van der Waals surface area contributed by atoms with E-state index in [-0.39, 0.29) is 16.8 Å². The standard InChI is InChI=1S/C19H15ClN4O8/c20-19(22-23-21)16(25)15(31-18(27)12-6-8-13(9-7-12)24(28)29)14(32-19)10-30-17(26)11-4-2-1-3-5-11/h1-9,14-16,25H,10H2/t14-,15-,16+,19-/m1/s1. The number of halogens is 1. The number of hydrogen-bond acceptors (Lipinski definition) is 9. The Labute approximate surface area is 185 Å². The van der Waals surface area contributed by atoms with Crippen LogP contribution in [0.25, 0.3) is 10.4 Å². The summed E-state index contributed by atoms with van der Waals surface area (Å²) >= 11 is 6.03. The van der Waals surface area contributed by atoms with Crippen LogP contribution in [0, 0.1) is 10.1 Å². The van der Waals surface area contributed by atoms with E-state index in [1.807, 2.05) is 0 Å². The van der Waals surface area contributed by atoms with E-state index in [4.69, 9.17) is 31.3 Å². The van der Waals surface area contributed by atoms with Crippen molar-refractivity contribution >= 4 is 29.2 Å². The van der Waals surface area contributed by atoms with Gasteiger partial charge < -0.3 is 19.3 Å². The van der Waals surface area contributed by atoms with Gasteiger partial charge in [0.1, 0.15) is 18.8 Å². The number of non-ortho nitro benzene ring substituents is 1. The number of azide groups is 1. The number of ether oxygens (including phenoxy) is 3. The van der Waals surface area contributed by atoms with E-state index >= 15 is 0 Å². The van der Waals surface area contributed by atoms with Crippen LogP contribution in [0.2, 0.25) is 0 Å². The average molecular weight is 463 g/mol. The highest BCUT2D eigenvalue weighted by molar-refractivity contribution is 6.23. The van der Waals surface area contributed by atoms with E-state index in [1.165, 1.54) is 12.1 Å². The molecule has 0 spiro atoms. The first-order chi connectivity index (χ1) is 15.2. The lowest BCUT2D eigenvalue weighted by Gasteiger charge is -2.21. The van der Waals surface area contributed by atoms with Gasteiger partial charge in [-0.05, 0) is 34.9 Å². The van der Waals surface area contributed by atoms with Crippen molar-refractivity contribution in [1.29, 1.82) is 0 Å². The molecule has 2 aromatic rings. The summed E-state index contributed by atoms with van der Waals surface area (Å²) in [5, 5.41) is 22.1. The first kappa shape index (κ1) is 23.0. The lowest BCUT2D eigenvalue weighted by molar-refractivity contribution is -0.384. The minimum absolute atomic E-state index is 0.0568. The number of carbonyl (C=O) groups is 2. The molecule has 1 aliphatic rings. The molecule has 1 N–H and O–H groups in total. The zero-order chi connectivity index (χ0) is 23.3. The molecule has 1 saturated heterocycles. The summed E-state index contributed by atoms with van der Waals surface area (Å²) in [5.41, 5.74) is 8.67. The highest BCUT2D eigenvalue weighted by Crippen LogP contribution is 2.38. The Morgan fingerprint density at radius 3 is 2.41 bits per heavy atom. The molecule has 13 heteroatoms. The van der Waals surface area contributed by atoms with Crippen molar-refractivity contribution in [2.24, 2.45) is 5.11 Å². The summed E-state index contributed by atoms with van der Waals surface area (Å²) < 4.78 is 15.8. The van der Waals surface area contributed by atoms with Crippen molar-refractivity contribution in [3.63, 3.8) is 0 Å². The van der Waals surface area contributed by atoms with E-state index < -0.39 is 47.0 Å². The zero-order valence-electron chi connectivity index (χ0n) is 16.1. The summed E-state index contributed by atoms with van der Waals surface area (Å²) in [6.45, 7) is -0.488. The van der Waals surface area contributed by atoms with Crippen molar-refractivity contribution in [2.75, 3.05) is 6.61 Å². The molecule has 0 unspecified atom stereocenters. The first-order valence-electron chi connectivity index (χ1n) is 9.04. The third kappa shape index (κ3) is 4.95. The van der Waals surface area contributed by atoms with Gasteiger partial charge in [0.2, 0.25) is 0 Å². The largest absolute Gasteiger partial charge is 0.459 e. The number of hydrogen-bond donors (Lipinski definition) is 1. The summed E-state index contributed by atoms with van der Waals surface area (Å²) in [6, 6.07) is 12.5. The third-order valence-electron chi connectivity index (χ3n) is 4.49. The van der Waals surface area contributed by atoms with Gasteiger partial charge in [-0.3, -0.25) is 10.1 Å². The lowest BCUT2D eigenvalue weighted by Crippen LogP contribution is -2.41. The van der Waals surface area contributed by atoms with Crippen LogP contribution in [0.3, 0.4) is 0 Å². The molecule has 0 radical (unpaired) electrons. The number of alkyl halides is 1. The zero-order valence-corrected chi connectivity index (χ0v) is 16.9. The van der Waals surface area contributed by atoms with Gasteiger partial charge in [-0.1, -0.05) is 29.8 Å². The Morgan fingerprint density at radius 2 is 1.81 bits per heavy atom. The van der Waals surface area contributed by atoms with Gasteiger partial charge >= 0.3 is 11.9 Å². The Kier molecular flexibility index (Phi) is 6.91. The lowest BCUT2D eigenvalue weighted by atomic mass is 10.1. The average Bonchev–Trinajstić information content (AvgIpc) is 3.02. The van der Waals surface area contributed by atoms with E-state index in [0.29, 0.717) is 0 Å². The fourth-order valence-corrected chi connectivity index (χ4v) is 3.17. The molecular formula is C19H15ClN4O8. The minimum atomic E-state index is -2.31. The molecule has 3 rings (SSSR count). The second kappa shape index (κ2) is 9.62. The predicted molar refractivity (Wildman–Crippen MR) is 108 cm³/mol. The van der Waals surface area contributed by atoms with Crippen molar-refractivity contribution < 1.29 is 33.8 Å². The van der Waals surface area contributed by atoms with Gasteiger partial charge in [0.15, 0.2) is 6.10 Å². The van der Waals surface area contributed by atoms with E-state index in [9.17, 15) is 24.8 Å². The second-order valence-corrected chi connectivity index (χ2v) is 7.08. The molecule has 166 valence electrons. The summed E-state index contributed by atoms with van der Waals surface area (Å²) in [4.78, 5) is 37.3. The molecule has 2 aromatic carbocycles. The number of carbonyl (C=O) groups excluding carboxylic acids is 2. The van der Waals surface area contributed by atoms with Crippen LogP contribution in [0.5, 0.6) is 0 Å². The number of aliphatic hydroxyl groups is 1. The maximum atomic E-state index is 12.5. The summed E-state index contributed by atoms with van der Waals surface area (Å²) in [6.07, 6.45) is -4.56. The van der Waals surface area contributed by atoms with Crippen LogP contribution in [0.15, 0.2) is 59.7 Å². The summed E-state index contributed by atoms with van der Waals surface area (Å²) in [5.74, 6) is -1.67. The van der Waals surface area contributed by atoms with Crippen LogP contribution >= 0.6 is 11.6 Å². The van der Waals surface area contributed by atoms with Crippen molar-refractivity contribution in [2.45, 2.75) is 23.5 Å². The van der Waals surface area contributed by atoms with Crippen LogP contribution in [0.4, 0.5) is 5.69 Å². The van der Waals surface area contributed by atoms with Gasteiger partial charge in [0.25, 0.3) is 10.9 Å². The molecule has 0 amide bonds. The van der Waals surface area contributed by atoms with Gasteiger partial charge in [-0.25, -0.2) is 9.59 Å². The fourth-order valence-electron chi connectivity index (χ4n) is 2.89. The summed E-state index contributed by atoms with van der Waals surface area (Å²) in [7, 11) is 0. The number of benzene rings is 2. The predicted octanol–water partition coefficient (Wildman–Crippen LogP) is 2.94. The molecule has 0 aromatic heterocycles. The number of rotatable bonds is 7. The SMILES string of the molecule is [N-]=[N+]=N[C@@]1(Cl)O[C@H](COC(=O)c2ccccc2)[C@@H](OC(=O)c2ccc([N+](=O)[O-])cc2)[C@@H]1O. The van der Waals surface area contributed by atoms with Crippen molar-refractivity contribution in [3.05, 3.63) is 86.3 Å². The van der Waals surface area contributed by atoms with Gasteiger partial charge in [-0.2, -0.15) is 0 Å². The van der Waals surface area contributed by atoms with E-state index in [1.54, 1.807) is 18.2 Å². The first-order valence-corrected chi connectivity index (χ1v) is 9.41. The van der Waals surface area contributed by atoms with Gasteiger partial charge in [0.05, 0.1) is 16.1 Å². The Hall–Kier alpha value is -3.70.